The molecule has 0 bridgehead atoms. The van der Waals surface area contributed by atoms with Crippen LogP contribution >= 0.6 is 11.6 Å². The Bertz CT molecular complexity index is 927. The normalized spacial score (nSPS) is 10.5. The monoisotopic (exact) mass is 381 g/mol. The lowest BCUT2D eigenvalue weighted by molar-refractivity contribution is 0.102. The first-order valence-electron chi connectivity index (χ1n) is 8.57. The Morgan fingerprint density at radius 3 is 2.37 bits per heavy atom. The average molecular weight is 382 g/mol. The molecular formula is C21H20ClN3O2. The summed E-state index contributed by atoms with van der Waals surface area (Å²) < 4.78 is 5.79. The minimum atomic E-state index is -0.273. The van der Waals surface area contributed by atoms with Crippen molar-refractivity contribution in [1.29, 1.82) is 0 Å². The van der Waals surface area contributed by atoms with E-state index in [1.807, 2.05) is 44.2 Å². The maximum absolute atomic E-state index is 12.4. The first-order chi connectivity index (χ1) is 13.0. The number of benzene rings is 2. The van der Waals surface area contributed by atoms with Crippen molar-refractivity contribution in [3.8, 4) is 5.75 Å². The molecule has 1 heterocycles. The van der Waals surface area contributed by atoms with Gasteiger partial charge in [-0.3, -0.25) is 4.79 Å². The quantitative estimate of drug-likeness (QED) is 0.590. The molecule has 3 rings (SSSR count). The second-order valence-corrected chi connectivity index (χ2v) is 6.56. The van der Waals surface area contributed by atoms with E-state index >= 15 is 0 Å². The van der Waals surface area contributed by atoms with Crippen LogP contribution in [0.1, 0.15) is 24.2 Å². The van der Waals surface area contributed by atoms with E-state index in [1.54, 1.807) is 30.3 Å². The molecule has 27 heavy (non-hydrogen) atoms. The molecule has 0 fully saturated rings. The molecule has 6 heteroatoms. The van der Waals surface area contributed by atoms with Gasteiger partial charge < -0.3 is 15.4 Å². The van der Waals surface area contributed by atoms with E-state index in [-0.39, 0.29) is 12.0 Å². The lowest BCUT2D eigenvalue weighted by Gasteiger charge is -2.15. The van der Waals surface area contributed by atoms with E-state index in [0.717, 1.165) is 11.4 Å². The van der Waals surface area contributed by atoms with E-state index in [2.05, 4.69) is 15.6 Å². The standard InChI is InChI=1S/C21H20ClN3O2/c1-14(2)27-19-10-6-5-9-18(19)24-20-12-11-15(13-23-20)21(26)25-17-8-4-3-7-16(17)22/h3-14H,1-2H3,(H,23,24)(H,25,26). The lowest BCUT2D eigenvalue weighted by Crippen LogP contribution is -2.12. The van der Waals surface area contributed by atoms with E-state index in [0.29, 0.717) is 22.1 Å². The molecular weight excluding hydrogens is 362 g/mol. The molecule has 0 aliphatic rings. The van der Waals surface area contributed by atoms with Crippen molar-refractivity contribution in [1.82, 2.24) is 4.98 Å². The summed E-state index contributed by atoms with van der Waals surface area (Å²) in [5.74, 6) is 1.09. The minimum absolute atomic E-state index is 0.0665. The summed E-state index contributed by atoms with van der Waals surface area (Å²) in [5, 5.41) is 6.47. The number of ether oxygens (including phenoxy) is 1. The van der Waals surface area contributed by atoms with Crippen LogP contribution in [0.2, 0.25) is 5.02 Å². The zero-order valence-corrected chi connectivity index (χ0v) is 15.8. The molecule has 0 saturated carbocycles. The van der Waals surface area contributed by atoms with Crippen molar-refractivity contribution in [3.05, 3.63) is 77.4 Å². The number of carbonyl (C=O) groups excluding carboxylic acids is 1. The number of rotatable bonds is 6. The van der Waals surface area contributed by atoms with Gasteiger partial charge in [-0.05, 0) is 50.2 Å². The van der Waals surface area contributed by atoms with Gasteiger partial charge in [-0.1, -0.05) is 35.9 Å². The van der Waals surface area contributed by atoms with Crippen molar-refractivity contribution >= 4 is 34.7 Å². The highest BCUT2D eigenvalue weighted by molar-refractivity contribution is 6.33. The molecule has 1 aromatic heterocycles. The molecule has 0 atom stereocenters. The van der Waals surface area contributed by atoms with Gasteiger partial charge >= 0.3 is 0 Å². The molecule has 138 valence electrons. The van der Waals surface area contributed by atoms with Crippen LogP contribution in [0.4, 0.5) is 17.2 Å². The molecule has 0 unspecified atom stereocenters. The molecule has 5 nitrogen and oxygen atoms in total. The van der Waals surface area contributed by atoms with Gasteiger partial charge in [0.1, 0.15) is 11.6 Å². The van der Waals surface area contributed by atoms with E-state index in [1.165, 1.54) is 6.20 Å². The maximum atomic E-state index is 12.4. The zero-order chi connectivity index (χ0) is 19.2. The SMILES string of the molecule is CC(C)Oc1ccccc1Nc1ccc(C(=O)Nc2ccccc2Cl)cn1. The molecule has 0 spiro atoms. The van der Waals surface area contributed by atoms with Crippen LogP contribution in [0.15, 0.2) is 66.9 Å². The van der Waals surface area contributed by atoms with Crippen LogP contribution in [0.5, 0.6) is 5.75 Å². The second-order valence-electron chi connectivity index (χ2n) is 6.15. The van der Waals surface area contributed by atoms with Gasteiger partial charge in [-0.15, -0.1) is 0 Å². The Kier molecular flexibility index (Phi) is 5.94. The van der Waals surface area contributed by atoms with Crippen LogP contribution in [0.3, 0.4) is 0 Å². The summed E-state index contributed by atoms with van der Waals surface area (Å²) in [4.78, 5) is 16.7. The largest absolute Gasteiger partial charge is 0.489 e. The Balaban J connectivity index is 1.71. The topological polar surface area (TPSA) is 63.2 Å². The smallest absolute Gasteiger partial charge is 0.257 e. The average Bonchev–Trinajstić information content (AvgIpc) is 2.65. The number of pyridine rings is 1. The van der Waals surface area contributed by atoms with Crippen LogP contribution < -0.4 is 15.4 Å². The summed E-state index contributed by atoms with van der Waals surface area (Å²) in [6.45, 7) is 3.95. The number of carbonyl (C=O) groups is 1. The van der Waals surface area contributed by atoms with Gasteiger partial charge in [-0.25, -0.2) is 4.98 Å². The molecule has 0 radical (unpaired) electrons. The van der Waals surface area contributed by atoms with E-state index < -0.39 is 0 Å². The van der Waals surface area contributed by atoms with E-state index in [4.69, 9.17) is 16.3 Å². The predicted octanol–water partition coefficient (Wildman–Crippen LogP) is 5.52. The van der Waals surface area contributed by atoms with Crippen molar-refractivity contribution in [3.63, 3.8) is 0 Å². The summed E-state index contributed by atoms with van der Waals surface area (Å²) in [6.07, 6.45) is 1.58. The van der Waals surface area contributed by atoms with Crippen molar-refractivity contribution in [2.75, 3.05) is 10.6 Å². The number of hydrogen-bond donors (Lipinski definition) is 2. The fourth-order valence-corrected chi connectivity index (χ4v) is 2.61. The van der Waals surface area contributed by atoms with Gasteiger partial charge in [0.25, 0.3) is 5.91 Å². The molecule has 2 N–H and O–H groups in total. The van der Waals surface area contributed by atoms with Crippen molar-refractivity contribution < 1.29 is 9.53 Å². The summed E-state index contributed by atoms with van der Waals surface area (Å²) in [7, 11) is 0. The number of anilines is 3. The minimum Gasteiger partial charge on any atom is -0.489 e. The van der Waals surface area contributed by atoms with Gasteiger partial charge in [0.05, 0.1) is 28.1 Å². The number of nitrogens with one attached hydrogen (secondary N) is 2. The third kappa shape index (κ3) is 4.99. The Morgan fingerprint density at radius 1 is 1.00 bits per heavy atom. The van der Waals surface area contributed by atoms with Crippen LogP contribution in [-0.4, -0.2) is 17.0 Å². The molecule has 3 aromatic rings. The van der Waals surface area contributed by atoms with Gasteiger partial charge in [0.2, 0.25) is 0 Å². The highest BCUT2D eigenvalue weighted by Crippen LogP contribution is 2.27. The summed E-state index contributed by atoms with van der Waals surface area (Å²) in [6, 6.07) is 18.2. The van der Waals surface area contributed by atoms with Gasteiger partial charge in [-0.2, -0.15) is 0 Å². The van der Waals surface area contributed by atoms with E-state index in [9.17, 15) is 4.79 Å². The van der Waals surface area contributed by atoms with Crippen molar-refractivity contribution in [2.45, 2.75) is 20.0 Å². The van der Waals surface area contributed by atoms with Gasteiger partial charge in [0.15, 0.2) is 0 Å². The third-order valence-corrected chi connectivity index (χ3v) is 3.99. The Hall–Kier alpha value is -3.05. The number of nitrogens with zero attached hydrogens (tertiary/aromatic N) is 1. The second kappa shape index (κ2) is 8.56. The number of amides is 1. The first-order valence-corrected chi connectivity index (χ1v) is 8.95. The van der Waals surface area contributed by atoms with Crippen molar-refractivity contribution in [2.24, 2.45) is 0 Å². The molecule has 1 amide bonds. The van der Waals surface area contributed by atoms with Crippen LogP contribution in [0, 0.1) is 0 Å². The molecule has 0 saturated heterocycles. The lowest BCUT2D eigenvalue weighted by atomic mass is 10.2. The van der Waals surface area contributed by atoms with Gasteiger partial charge in [0, 0.05) is 6.20 Å². The highest BCUT2D eigenvalue weighted by atomic mass is 35.5. The summed E-state index contributed by atoms with van der Waals surface area (Å²) >= 11 is 6.07. The maximum Gasteiger partial charge on any atom is 0.257 e. The third-order valence-electron chi connectivity index (χ3n) is 3.66. The fraction of sp³-hybridized carbons (Fsp3) is 0.143. The fourth-order valence-electron chi connectivity index (χ4n) is 2.42. The number of hydrogen-bond acceptors (Lipinski definition) is 4. The highest BCUT2D eigenvalue weighted by Gasteiger charge is 2.10. The number of para-hydroxylation sites is 3. The molecule has 0 aliphatic heterocycles. The van der Waals surface area contributed by atoms with Crippen LogP contribution in [-0.2, 0) is 0 Å². The zero-order valence-electron chi connectivity index (χ0n) is 15.1. The Labute approximate surface area is 163 Å². The summed E-state index contributed by atoms with van der Waals surface area (Å²) in [5.41, 5.74) is 1.81. The predicted molar refractivity (Wildman–Crippen MR) is 109 cm³/mol. The molecule has 0 aliphatic carbocycles. The first kappa shape index (κ1) is 18.7. The Morgan fingerprint density at radius 2 is 1.70 bits per heavy atom. The molecule has 2 aromatic carbocycles. The number of halogens is 1. The number of aromatic nitrogens is 1. The van der Waals surface area contributed by atoms with Crippen LogP contribution in [0.25, 0.3) is 0 Å².